The highest BCUT2D eigenvalue weighted by Crippen LogP contribution is 2.27. The summed E-state index contributed by atoms with van der Waals surface area (Å²) in [6.45, 7) is 6.33. The molecule has 16 heavy (non-hydrogen) atoms. The first-order chi connectivity index (χ1) is 7.58. The Morgan fingerprint density at radius 1 is 1.12 bits per heavy atom. The molecule has 0 spiro atoms. The fourth-order valence-electron chi connectivity index (χ4n) is 1.58. The van der Waals surface area contributed by atoms with Crippen molar-refractivity contribution in [2.45, 2.75) is 20.0 Å². The zero-order chi connectivity index (χ0) is 12.1. The van der Waals surface area contributed by atoms with E-state index in [1.807, 2.05) is 13.8 Å². The zero-order valence-corrected chi connectivity index (χ0v) is 9.72. The molecule has 0 aliphatic carbocycles. The van der Waals surface area contributed by atoms with E-state index in [4.69, 9.17) is 5.11 Å². The number of rotatable bonds is 5. The summed E-state index contributed by atoms with van der Waals surface area (Å²) in [6.07, 6.45) is -0.647. The molecule has 1 aromatic rings. The Kier molecular flexibility index (Phi) is 4.58. The number of aliphatic hydroxyl groups is 1. The van der Waals surface area contributed by atoms with Gasteiger partial charge in [-0.05, 0) is 30.8 Å². The molecule has 1 atom stereocenters. The van der Waals surface area contributed by atoms with E-state index in [1.165, 1.54) is 12.1 Å². The first-order valence-electron chi connectivity index (χ1n) is 5.50. The minimum Gasteiger partial charge on any atom is -0.504 e. The van der Waals surface area contributed by atoms with E-state index in [0.29, 0.717) is 12.1 Å². The second-order valence-electron chi connectivity index (χ2n) is 3.75. The second kappa shape index (κ2) is 5.72. The van der Waals surface area contributed by atoms with Gasteiger partial charge >= 0.3 is 0 Å². The number of likely N-dealkylation sites (N-methyl/N-ethyl adjacent to an activating group) is 1. The van der Waals surface area contributed by atoms with Crippen LogP contribution in [0.2, 0.25) is 0 Å². The second-order valence-corrected chi connectivity index (χ2v) is 3.75. The van der Waals surface area contributed by atoms with Crippen molar-refractivity contribution < 1.29 is 15.3 Å². The van der Waals surface area contributed by atoms with Crippen LogP contribution in [0.15, 0.2) is 18.2 Å². The quantitative estimate of drug-likeness (QED) is 0.664. The summed E-state index contributed by atoms with van der Waals surface area (Å²) >= 11 is 0. The van der Waals surface area contributed by atoms with Gasteiger partial charge in [-0.2, -0.15) is 0 Å². The van der Waals surface area contributed by atoms with Gasteiger partial charge in [0.15, 0.2) is 11.5 Å². The van der Waals surface area contributed by atoms with Crippen LogP contribution in [-0.4, -0.2) is 39.9 Å². The number of phenols is 2. The molecule has 3 N–H and O–H groups in total. The van der Waals surface area contributed by atoms with Gasteiger partial charge in [0, 0.05) is 6.54 Å². The van der Waals surface area contributed by atoms with Crippen LogP contribution in [-0.2, 0) is 0 Å². The lowest BCUT2D eigenvalue weighted by Gasteiger charge is -2.22. The van der Waals surface area contributed by atoms with E-state index in [2.05, 4.69) is 4.90 Å². The highest BCUT2D eigenvalue weighted by molar-refractivity contribution is 5.41. The van der Waals surface area contributed by atoms with Gasteiger partial charge in [-0.1, -0.05) is 19.9 Å². The number of aliphatic hydroxyl groups excluding tert-OH is 1. The third-order valence-electron chi connectivity index (χ3n) is 2.71. The molecule has 0 radical (unpaired) electrons. The molecule has 0 saturated carbocycles. The van der Waals surface area contributed by atoms with Crippen molar-refractivity contribution in [2.24, 2.45) is 0 Å². The molecule has 0 aliphatic heterocycles. The molecule has 0 heterocycles. The number of hydrogen-bond donors (Lipinski definition) is 3. The highest BCUT2D eigenvalue weighted by Gasteiger charge is 2.12. The monoisotopic (exact) mass is 225 g/mol. The van der Waals surface area contributed by atoms with Crippen LogP contribution in [0.3, 0.4) is 0 Å². The average molecular weight is 225 g/mol. The minimum absolute atomic E-state index is 0.168. The van der Waals surface area contributed by atoms with Crippen LogP contribution >= 0.6 is 0 Å². The fourth-order valence-corrected chi connectivity index (χ4v) is 1.58. The standard InChI is InChI=1S/C12H19NO3/c1-3-13(4-2)8-12(16)9-5-6-10(14)11(15)7-9/h5-7,12,14-16H,3-4,8H2,1-2H3. The van der Waals surface area contributed by atoms with Crippen molar-refractivity contribution in [3.63, 3.8) is 0 Å². The lowest BCUT2D eigenvalue weighted by atomic mass is 10.1. The van der Waals surface area contributed by atoms with E-state index in [1.54, 1.807) is 6.07 Å². The Hall–Kier alpha value is -1.26. The van der Waals surface area contributed by atoms with E-state index in [-0.39, 0.29) is 11.5 Å². The molecule has 0 fully saturated rings. The van der Waals surface area contributed by atoms with E-state index >= 15 is 0 Å². The fraction of sp³-hybridized carbons (Fsp3) is 0.500. The zero-order valence-electron chi connectivity index (χ0n) is 9.72. The van der Waals surface area contributed by atoms with Crippen molar-refractivity contribution in [1.29, 1.82) is 0 Å². The molecule has 4 heteroatoms. The van der Waals surface area contributed by atoms with Crippen molar-refractivity contribution in [3.05, 3.63) is 23.8 Å². The number of phenolic OH excluding ortho intramolecular Hbond substituents is 2. The summed E-state index contributed by atoms with van der Waals surface area (Å²) in [5.74, 6) is -0.366. The van der Waals surface area contributed by atoms with Gasteiger partial charge in [0.2, 0.25) is 0 Å². The SMILES string of the molecule is CCN(CC)CC(O)c1ccc(O)c(O)c1. The molecule has 1 rings (SSSR count). The van der Waals surface area contributed by atoms with Crippen LogP contribution in [0.5, 0.6) is 11.5 Å². The maximum absolute atomic E-state index is 9.93. The summed E-state index contributed by atoms with van der Waals surface area (Å²) < 4.78 is 0. The van der Waals surface area contributed by atoms with Crippen molar-refractivity contribution in [1.82, 2.24) is 4.90 Å². The summed E-state index contributed by atoms with van der Waals surface area (Å²) in [6, 6.07) is 4.39. The molecule has 0 aliphatic rings. The summed E-state index contributed by atoms with van der Waals surface area (Å²) in [4.78, 5) is 2.09. The molecule has 4 nitrogen and oxygen atoms in total. The van der Waals surface area contributed by atoms with Crippen LogP contribution < -0.4 is 0 Å². The van der Waals surface area contributed by atoms with Gasteiger partial charge in [-0.3, -0.25) is 0 Å². The van der Waals surface area contributed by atoms with Crippen LogP contribution in [0, 0.1) is 0 Å². The summed E-state index contributed by atoms with van der Waals surface area (Å²) in [7, 11) is 0. The third kappa shape index (κ3) is 3.12. The van der Waals surface area contributed by atoms with E-state index in [0.717, 1.165) is 13.1 Å². The van der Waals surface area contributed by atoms with Crippen molar-refractivity contribution in [3.8, 4) is 11.5 Å². The molecule has 1 aromatic carbocycles. The number of benzene rings is 1. The first kappa shape index (κ1) is 12.8. The topological polar surface area (TPSA) is 63.9 Å². The van der Waals surface area contributed by atoms with E-state index in [9.17, 15) is 10.2 Å². The highest BCUT2D eigenvalue weighted by atomic mass is 16.3. The van der Waals surface area contributed by atoms with Gasteiger partial charge in [0.1, 0.15) is 0 Å². The number of nitrogens with zero attached hydrogens (tertiary/aromatic N) is 1. The predicted octanol–water partition coefficient (Wildman–Crippen LogP) is 1.47. The van der Waals surface area contributed by atoms with Crippen molar-refractivity contribution >= 4 is 0 Å². The lowest BCUT2D eigenvalue weighted by Crippen LogP contribution is -2.28. The molecule has 0 aromatic heterocycles. The van der Waals surface area contributed by atoms with Gasteiger partial charge in [0.25, 0.3) is 0 Å². The molecular formula is C12H19NO3. The Morgan fingerprint density at radius 2 is 1.75 bits per heavy atom. The maximum atomic E-state index is 9.93. The summed E-state index contributed by atoms with van der Waals surface area (Å²) in [5.41, 5.74) is 0.613. The molecular weight excluding hydrogens is 206 g/mol. The van der Waals surface area contributed by atoms with Crippen LogP contribution in [0.4, 0.5) is 0 Å². The molecule has 0 bridgehead atoms. The van der Waals surface area contributed by atoms with Crippen molar-refractivity contribution in [2.75, 3.05) is 19.6 Å². The third-order valence-corrected chi connectivity index (χ3v) is 2.71. The van der Waals surface area contributed by atoms with Gasteiger partial charge < -0.3 is 20.2 Å². The lowest BCUT2D eigenvalue weighted by molar-refractivity contribution is 0.119. The van der Waals surface area contributed by atoms with Gasteiger partial charge in [0.05, 0.1) is 6.10 Å². The molecule has 0 saturated heterocycles. The average Bonchev–Trinajstić information content (AvgIpc) is 2.29. The Morgan fingerprint density at radius 3 is 2.25 bits per heavy atom. The molecule has 0 amide bonds. The van der Waals surface area contributed by atoms with Gasteiger partial charge in [-0.25, -0.2) is 0 Å². The number of aromatic hydroxyl groups is 2. The maximum Gasteiger partial charge on any atom is 0.157 e. The van der Waals surface area contributed by atoms with Crippen LogP contribution in [0.25, 0.3) is 0 Å². The van der Waals surface area contributed by atoms with Gasteiger partial charge in [-0.15, -0.1) is 0 Å². The Bertz CT molecular complexity index is 337. The largest absolute Gasteiger partial charge is 0.504 e. The minimum atomic E-state index is -0.647. The normalized spacial score (nSPS) is 13.0. The Balaban J connectivity index is 2.72. The van der Waals surface area contributed by atoms with Crippen LogP contribution in [0.1, 0.15) is 25.5 Å². The smallest absolute Gasteiger partial charge is 0.157 e. The number of hydrogen-bond acceptors (Lipinski definition) is 4. The Labute approximate surface area is 95.8 Å². The van der Waals surface area contributed by atoms with E-state index < -0.39 is 6.10 Å². The predicted molar refractivity (Wildman–Crippen MR) is 62.5 cm³/mol. The first-order valence-corrected chi connectivity index (χ1v) is 5.50. The molecule has 1 unspecified atom stereocenters. The molecule has 90 valence electrons. The summed E-state index contributed by atoms with van der Waals surface area (Å²) in [5, 5.41) is 28.4.